The fourth-order valence-electron chi connectivity index (χ4n) is 1.96. The molecular weight excluding hydrogens is 294 g/mol. The summed E-state index contributed by atoms with van der Waals surface area (Å²) in [6, 6.07) is 8.00. The number of rotatable bonds is 4. The molecule has 1 aromatic heterocycles. The average Bonchev–Trinajstić information content (AvgIpc) is 3.09. The molecule has 1 saturated carbocycles. The highest BCUT2D eigenvalue weighted by Gasteiger charge is 2.32. The maximum Gasteiger partial charge on any atom is 0.231 e. The molecular formula is C13H14BrN3O. The predicted molar refractivity (Wildman–Crippen MR) is 70.9 cm³/mol. The van der Waals surface area contributed by atoms with Gasteiger partial charge in [-0.05, 0) is 36.5 Å². The largest absolute Gasteiger partial charge is 0.339 e. The van der Waals surface area contributed by atoms with Crippen molar-refractivity contribution < 1.29 is 4.52 Å². The Morgan fingerprint density at radius 3 is 3.00 bits per heavy atom. The first kappa shape index (κ1) is 11.9. The zero-order valence-corrected chi connectivity index (χ0v) is 11.4. The van der Waals surface area contributed by atoms with E-state index in [0.29, 0.717) is 24.1 Å². The molecule has 1 unspecified atom stereocenters. The SMILES string of the molecule is NC(c1noc(Cc2cccc(Br)c2)n1)C1CC1. The highest BCUT2D eigenvalue weighted by atomic mass is 79.9. The third kappa shape index (κ3) is 2.62. The number of aromatic nitrogens is 2. The van der Waals surface area contributed by atoms with E-state index >= 15 is 0 Å². The second-order valence-electron chi connectivity index (χ2n) is 4.72. The molecule has 1 heterocycles. The average molecular weight is 308 g/mol. The number of nitrogens with zero attached hydrogens (tertiary/aromatic N) is 2. The minimum atomic E-state index is -0.0648. The Morgan fingerprint density at radius 2 is 2.28 bits per heavy atom. The normalized spacial score (nSPS) is 16.8. The van der Waals surface area contributed by atoms with E-state index in [9.17, 15) is 0 Å². The first-order valence-corrected chi connectivity index (χ1v) is 6.84. The topological polar surface area (TPSA) is 64.9 Å². The summed E-state index contributed by atoms with van der Waals surface area (Å²) >= 11 is 3.44. The molecule has 2 N–H and O–H groups in total. The first-order valence-electron chi connectivity index (χ1n) is 6.05. The monoisotopic (exact) mass is 307 g/mol. The number of nitrogens with two attached hydrogens (primary N) is 1. The standard InChI is InChI=1S/C13H14BrN3O/c14-10-3-1-2-8(6-10)7-11-16-13(17-18-11)12(15)9-4-5-9/h1-3,6,9,12H,4-5,7,15H2. The zero-order valence-electron chi connectivity index (χ0n) is 9.84. The molecule has 2 aromatic rings. The molecule has 5 heteroatoms. The highest BCUT2D eigenvalue weighted by Crippen LogP contribution is 2.38. The summed E-state index contributed by atoms with van der Waals surface area (Å²) in [6.45, 7) is 0. The Bertz CT molecular complexity index is 551. The molecule has 0 aliphatic heterocycles. The molecule has 1 aliphatic rings. The lowest BCUT2D eigenvalue weighted by Gasteiger charge is -2.01. The van der Waals surface area contributed by atoms with E-state index < -0.39 is 0 Å². The summed E-state index contributed by atoms with van der Waals surface area (Å²) in [5.41, 5.74) is 7.18. The molecule has 0 spiro atoms. The molecule has 94 valence electrons. The Balaban J connectivity index is 1.73. The number of halogens is 1. The van der Waals surface area contributed by atoms with Crippen molar-refractivity contribution >= 4 is 15.9 Å². The van der Waals surface area contributed by atoms with Crippen LogP contribution in [0.2, 0.25) is 0 Å². The predicted octanol–water partition coefficient (Wildman–Crippen LogP) is 2.83. The summed E-state index contributed by atoms with van der Waals surface area (Å²) in [5.74, 6) is 1.81. The van der Waals surface area contributed by atoms with Gasteiger partial charge in [0.05, 0.1) is 12.5 Å². The van der Waals surface area contributed by atoms with Crippen LogP contribution in [0.15, 0.2) is 33.3 Å². The van der Waals surface area contributed by atoms with E-state index in [2.05, 4.69) is 26.1 Å². The molecule has 1 fully saturated rings. The third-order valence-corrected chi connectivity index (χ3v) is 3.65. The van der Waals surface area contributed by atoms with Gasteiger partial charge in [-0.2, -0.15) is 4.98 Å². The summed E-state index contributed by atoms with van der Waals surface area (Å²) in [5, 5.41) is 3.97. The Labute approximate surface area is 114 Å². The van der Waals surface area contributed by atoms with E-state index in [4.69, 9.17) is 10.3 Å². The van der Waals surface area contributed by atoms with Gasteiger partial charge in [0.15, 0.2) is 5.82 Å². The highest BCUT2D eigenvalue weighted by molar-refractivity contribution is 9.10. The van der Waals surface area contributed by atoms with Crippen molar-refractivity contribution in [1.29, 1.82) is 0 Å². The van der Waals surface area contributed by atoms with E-state index in [1.54, 1.807) is 0 Å². The van der Waals surface area contributed by atoms with Crippen molar-refractivity contribution in [2.75, 3.05) is 0 Å². The molecule has 1 aliphatic carbocycles. The second kappa shape index (κ2) is 4.82. The molecule has 0 amide bonds. The third-order valence-electron chi connectivity index (χ3n) is 3.16. The Hall–Kier alpha value is -1.20. The minimum absolute atomic E-state index is 0.0648. The van der Waals surface area contributed by atoms with Crippen LogP contribution in [0.5, 0.6) is 0 Å². The van der Waals surface area contributed by atoms with Crippen molar-refractivity contribution in [3.05, 3.63) is 46.0 Å². The molecule has 4 nitrogen and oxygen atoms in total. The number of benzene rings is 1. The van der Waals surface area contributed by atoms with E-state index in [-0.39, 0.29) is 6.04 Å². The van der Waals surface area contributed by atoms with Crippen molar-refractivity contribution in [3.8, 4) is 0 Å². The minimum Gasteiger partial charge on any atom is -0.339 e. The summed E-state index contributed by atoms with van der Waals surface area (Å²) < 4.78 is 6.30. The quantitative estimate of drug-likeness (QED) is 0.943. The van der Waals surface area contributed by atoms with Gasteiger partial charge in [0.2, 0.25) is 5.89 Å². The number of hydrogen-bond donors (Lipinski definition) is 1. The van der Waals surface area contributed by atoms with Gasteiger partial charge in [0.25, 0.3) is 0 Å². The Morgan fingerprint density at radius 1 is 1.44 bits per heavy atom. The summed E-state index contributed by atoms with van der Waals surface area (Å²) in [4.78, 5) is 4.38. The van der Waals surface area contributed by atoms with Crippen molar-refractivity contribution in [3.63, 3.8) is 0 Å². The van der Waals surface area contributed by atoms with E-state index in [0.717, 1.165) is 10.0 Å². The molecule has 0 bridgehead atoms. The van der Waals surface area contributed by atoms with Crippen molar-refractivity contribution in [2.45, 2.75) is 25.3 Å². The Kier molecular flexibility index (Phi) is 3.18. The molecule has 0 radical (unpaired) electrons. The van der Waals surface area contributed by atoms with Gasteiger partial charge < -0.3 is 10.3 Å². The molecule has 3 rings (SSSR count). The van der Waals surface area contributed by atoms with Gasteiger partial charge in [0, 0.05) is 4.47 Å². The summed E-state index contributed by atoms with van der Waals surface area (Å²) in [7, 11) is 0. The van der Waals surface area contributed by atoms with Crippen LogP contribution < -0.4 is 5.73 Å². The van der Waals surface area contributed by atoms with Gasteiger partial charge in [0.1, 0.15) is 0 Å². The molecule has 0 saturated heterocycles. The van der Waals surface area contributed by atoms with Gasteiger partial charge in [-0.3, -0.25) is 0 Å². The van der Waals surface area contributed by atoms with Crippen molar-refractivity contribution in [2.24, 2.45) is 11.7 Å². The van der Waals surface area contributed by atoms with E-state index in [1.807, 2.05) is 24.3 Å². The van der Waals surface area contributed by atoms with Crippen LogP contribution in [-0.4, -0.2) is 10.1 Å². The fraction of sp³-hybridized carbons (Fsp3) is 0.385. The smallest absolute Gasteiger partial charge is 0.231 e. The van der Waals surface area contributed by atoms with Gasteiger partial charge in [-0.15, -0.1) is 0 Å². The first-order chi connectivity index (χ1) is 8.72. The molecule has 1 aromatic carbocycles. The van der Waals surface area contributed by atoms with E-state index in [1.165, 1.54) is 12.8 Å². The van der Waals surface area contributed by atoms with Gasteiger partial charge in [-0.25, -0.2) is 0 Å². The molecule has 1 atom stereocenters. The summed E-state index contributed by atoms with van der Waals surface area (Å²) in [6.07, 6.45) is 3.00. The van der Waals surface area contributed by atoms with Crippen LogP contribution in [0.25, 0.3) is 0 Å². The van der Waals surface area contributed by atoms with Gasteiger partial charge in [-0.1, -0.05) is 33.2 Å². The lowest BCUT2D eigenvalue weighted by Crippen LogP contribution is -2.14. The zero-order chi connectivity index (χ0) is 12.5. The van der Waals surface area contributed by atoms with Crippen LogP contribution >= 0.6 is 15.9 Å². The van der Waals surface area contributed by atoms with Crippen LogP contribution in [0.1, 0.15) is 36.2 Å². The van der Waals surface area contributed by atoms with Crippen LogP contribution in [-0.2, 0) is 6.42 Å². The van der Waals surface area contributed by atoms with Crippen LogP contribution in [0, 0.1) is 5.92 Å². The van der Waals surface area contributed by atoms with Crippen molar-refractivity contribution in [1.82, 2.24) is 10.1 Å². The van der Waals surface area contributed by atoms with Crippen LogP contribution in [0.4, 0.5) is 0 Å². The van der Waals surface area contributed by atoms with Gasteiger partial charge >= 0.3 is 0 Å². The molecule has 18 heavy (non-hydrogen) atoms. The lowest BCUT2D eigenvalue weighted by molar-refractivity contribution is 0.373. The fourth-order valence-corrected chi connectivity index (χ4v) is 2.41. The maximum atomic E-state index is 6.04. The second-order valence-corrected chi connectivity index (χ2v) is 5.63. The maximum absolute atomic E-state index is 6.04. The van der Waals surface area contributed by atoms with Crippen LogP contribution in [0.3, 0.4) is 0 Å². The lowest BCUT2D eigenvalue weighted by atomic mass is 10.1. The number of hydrogen-bond acceptors (Lipinski definition) is 4.